The Bertz CT molecular complexity index is 1370. The van der Waals surface area contributed by atoms with Crippen molar-refractivity contribution >= 4 is 34.9 Å². The van der Waals surface area contributed by atoms with Crippen molar-refractivity contribution in [1.29, 1.82) is 0 Å². The highest BCUT2D eigenvalue weighted by atomic mass is 19.1. The summed E-state index contributed by atoms with van der Waals surface area (Å²) in [5, 5.41) is 22.4. The molecule has 0 spiro atoms. The largest absolute Gasteiger partial charge is 0.507 e. The van der Waals surface area contributed by atoms with Crippen molar-refractivity contribution < 1.29 is 43.4 Å². The van der Waals surface area contributed by atoms with Crippen LogP contribution in [0.5, 0.6) is 5.75 Å². The third kappa shape index (κ3) is 4.15. The summed E-state index contributed by atoms with van der Waals surface area (Å²) in [5.41, 5.74) is 1.11. The number of ketones is 4. The van der Waals surface area contributed by atoms with Gasteiger partial charge in [0.1, 0.15) is 11.6 Å². The SMILES string of the molecule is CN(Cc1cc(O)c2c(c1F)C[C@H]1C[C@H]3[C@H](N(C)C)C(=O)C(C(N)=O)C(=O)[C@@]3(O)C(=O)C1C2=O)C(=O)C(C)(C)C. The summed E-state index contributed by atoms with van der Waals surface area (Å²) < 4.78 is 15.9. The number of halogens is 1. The van der Waals surface area contributed by atoms with E-state index in [1.165, 1.54) is 30.9 Å². The number of phenols is 1. The maximum atomic E-state index is 15.9. The number of hydrogen-bond acceptors (Lipinski definition) is 9. The standard InChI is InChI=1S/C28H34FN3O8/c1-27(2,3)26(39)32(6)10-12-9-15(33)17-13(19(12)29)7-11-8-14-20(31(4)5)22(35)18(25(30)38)24(37)28(14,40)23(36)16(11)21(17)34/h9,11,14,16,18,20,33,40H,7-8,10H2,1-6H3,(H2,30,38)/t11-,14-,16?,18?,20-,28-/m0/s1. The average Bonchev–Trinajstić information content (AvgIpc) is 2.82. The van der Waals surface area contributed by atoms with E-state index in [-0.39, 0.29) is 36.4 Å². The number of Topliss-reactive ketones (excluding diaryl/α,β-unsaturated/α-hetero) is 4. The number of carbonyl (C=O) groups excluding carboxylic acids is 6. The number of aliphatic hydroxyl groups is 1. The van der Waals surface area contributed by atoms with Crippen LogP contribution in [0.4, 0.5) is 4.39 Å². The van der Waals surface area contributed by atoms with E-state index >= 15 is 4.39 Å². The van der Waals surface area contributed by atoms with Crippen LogP contribution in [0.25, 0.3) is 0 Å². The van der Waals surface area contributed by atoms with Crippen LogP contribution in [0.2, 0.25) is 0 Å². The molecule has 216 valence electrons. The Hall–Kier alpha value is -3.51. The minimum atomic E-state index is -2.85. The predicted molar refractivity (Wildman–Crippen MR) is 137 cm³/mol. The Balaban J connectivity index is 1.79. The Morgan fingerprint density at radius 1 is 1.12 bits per heavy atom. The molecule has 0 bridgehead atoms. The molecule has 4 N–H and O–H groups in total. The third-order valence-corrected chi connectivity index (χ3v) is 8.47. The number of hydrogen-bond donors (Lipinski definition) is 3. The van der Waals surface area contributed by atoms with E-state index < -0.39 is 86.9 Å². The van der Waals surface area contributed by atoms with E-state index in [4.69, 9.17) is 5.73 Å². The first-order chi connectivity index (χ1) is 18.3. The molecule has 2 fully saturated rings. The first-order valence-corrected chi connectivity index (χ1v) is 13.0. The Morgan fingerprint density at radius 3 is 2.25 bits per heavy atom. The number of nitrogens with zero attached hydrogens (tertiary/aromatic N) is 2. The highest BCUT2D eigenvalue weighted by Gasteiger charge is 2.69. The summed E-state index contributed by atoms with van der Waals surface area (Å²) in [5.74, 6) is -13.3. The molecule has 0 radical (unpaired) electrons. The number of rotatable bonds is 4. The summed E-state index contributed by atoms with van der Waals surface area (Å²) in [4.78, 5) is 81.2. The zero-order chi connectivity index (χ0) is 30.2. The monoisotopic (exact) mass is 559 g/mol. The number of primary amides is 1. The molecule has 11 nitrogen and oxygen atoms in total. The lowest BCUT2D eigenvalue weighted by Gasteiger charge is -2.52. The van der Waals surface area contributed by atoms with Gasteiger partial charge in [-0.15, -0.1) is 0 Å². The van der Waals surface area contributed by atoms with E-state index in [0.29, 0.717) is 0 Å². The van der Waals surface area contributed by atoms with Crippen LogP contribution in [0.1, 0.15) is 48.7 Å². The molecule has 4 rings (SSSR count). The highest BCUT2D eigenvalue weighted by Crippen LogP contribution is 2.51. The number of aromatic hydroxyl groups is 1. The van der Waals surface area contributed by atoms with Crippen LogP contribution < -0.4 is 5.73 Å². The van der Waals surface area contributed by atoms with Crippen molar-refractivity contribution in [3.63, 3.8) is 0 Å². The fourth-order valence-electron chi connectivity index (χ4n) is 6.72. The fourth-order valence-corrected chi connectivity index (χ4v) is 6.72. The lowest BCUT2D eigenvalue weighted by molar-refractivity contribution is -0.181. The van der Waals surface area contributed by atoms with Crippen LogP contribution in [-0.2, 0) is 36.9 Å². The molecule has 2 saturated carbocycles. The second-order valence-electron chi connectivity index (χ2n) is 12.4. The van der Waals surface area contributed by atoms with Crippen molar-refractivity contribution in [2.75, 3.05) is 21.1 Å². The van der Waals surface area contributed by atoms with Crippen molar-refractivity contribution in [3.8, 4) is 5.75 Å². The molecule has 1 aromatic carbocycles. The van der Waals surface area contributed by atoms with Gasteiger partial charge in [0.25, 0.3) is 0 Å². The summed E-state index contributed by atoms with van der Waals surface area (Å²) >= 11 is 0. The van der Waals surface area contributed by atoms with E-state index in [9.17, 15) is 39.0 Å². The van der Waals surface area contributed by atoms with Gasteiger partial charge in [-0.1, -0.05) is 20.8 Å². The van der Waals surface area contributed by atoms with Gasteiger partial charge in [-0.2, -0.15) is 0 Å². The first kappa shape index (κ1) is 29.5. The fraction of sp³-hybridized carbons (Fsp3) is 0.571. The van der Waals surface area contributed by atoms with Crippen molar-refractivity contribution in [2.45, 2.75) is 51.8 Å². The molecule has 1 aromatic rings. The molecule has 6 atom stereocenters. The van der Waals surface area contributed by atoms with Gasteiger partial charge in [-0.05, 0) is 38.9 Å². The lowest BCUT2D eigenvalue weighted by atomic mass is 9.52. The van der Waals surface area contributed by atoms with Crippen molar-refractivity contribution in [1.82, 2.24) is 9.80 Å². The zero-order valence-electron chi connectivity index (χ0n) is 23.3. The van der Waals surface area contributed by atoms with Crippen LogP contribution in [0.15, 0.2) is 6.07 Å². The summed E-state index contributed by atoms with van der Waals surface area (Å²) in [6.45, 7) is 4.94. The Labute approximate surface area is 230 Å². The van der Waals surface area contributed by atoms with Gasteiger partial charge in [0.05, 0.1) is 17.5 Å². The maximum absolute atomic E-state index is 15.9. The average molecular weight is 560 g/mol. The van der Waals surface area contributed by atoms with E-state index in [0.717, 1.165) is 6.07 Å². The molecule has 3 aliphatic rings. The molecule has 2 amide bonds. The molecule has 3 aliphatic carbocycles. The number of amides is 2. The summed E-state index contributed by atoms with van der Waals surface area (Å²) in [6, 6.07) is -0.220. The van der Waals surface area contributed by atoms with Crippen molar-refractivity contribution in [2.24, 2.45) is 34.8 Å². The number of phenolic OH excluding ortho intramolecular Hbond substituents is 1. The van der Waals surface area contributed by atoms with Crippen LogP contribution >= 0.6 is 0 Å². The van der Waals surface area contributed by atoms with Gasteiger partial charge in [0.2, 0.25) is 11.8 Å². The van der Waals surface area contributed by atoms with Crippen LogP contribution in [0, 0.1) is 34.9 Å². The molecule has 12 heteroatoms. The number of fused-ring (bicyclic) bond motifs is 3. The minimum Gasteiger partial charge on any atom is -0.507 e. The molecule has 0 aliphatic heterocycles. The molecular weight excluding hydrogens is 525 g/mol. The van der Waals surface area contributed by atoms with E-state index in [2.05, 4.69) is 0 Å². The van der Waals surface area contributed by atoms with Crippen LogP contribution in [-0.4, -0.2) is 87.7 Å². The summed E-state index contributed by atoms with van der Waals surface area (Å²) in [7, 11) is 4.45. The Kier molecular flexibility index (Phi) is 7.04. The lowest BCUT2D eigenvalue weighted by Crippen LogP contribution is -2.74. The third-order valence-electron chi connectivity index (χ3n) is 8.47. The second kappa shape index (κ2) is 9.55. The molecular formula is C28H34FN3O8. The topological polar surface area (TPSA) is 175 Å². The minimum absolute atomic E-state index is 0.0280. The van der Waals surface area contributed by atoms with Gasteiger partial charge >= 0.3 is 0 Å². The number of nitrogens with two attached hydrogens (primary N) is 1. The quantitative estimate of drug-likeness (QED) is 0.429. The van der Waals surface area contributed by atoms with Gasteiger partial charge in [0.15, 0.2) is 34.7 Å². The molecule has 0 heterocycles. The van der Waals surface area contributed by atoms with Crippen LogP contribution in [0.3, 0.4) is 0 Å². The molecule has 0 saturated heterocycles. The predicted octanol–water partition coefficient (Wildman–Crippen LogP) is 0.0106. The highest BCUT2D eigenvalue weighted by molar-refractivity contribution is 6.32. The van der Waals surface area contributed by atoms with Crippen molar-refractivity contribution in [3.05, 3.63) is 28.6 Å². The number of carbonyl (C=O) groups is 6. The van der Waals surface area contributed by atoms with Gasteiger partial charge in [0, 0.05) is 36.1 Å². The van der Waals surface area contributed by atoms with E-state index in [1.54, 1.807) is 20.8 Å². The number of likely N-dealkylation sites (N-methyl/N-ethyl adjacent to an activating group) is 1. The molecule has 40 heavy (non-hydrogen) atoms. The normalized spacial score (nSPS) is 30.1. The van der Waals surface area contributed by atoms with Gasteiger partial charge in [-0.3, -0.25) is 33.7 Å². The zero-order valence-corrected chi connectivity index (χ0v) is 23.3. The van der Waals surface area contributed by atoms with E-state index in [1.807, 2.05) is 0 Å². The summed E-state index contributed by atoms with van der Waals surface area (Å²) in [6.07, 6.45) is -0.382. The Morgan fingerprint density at radius 2 is 1.73 bits per heavy atom. The second-order valence-corrected chi connectivity index (χ2v) is 12.4. The molecule has 2 unspecified atom stereocenters. The first-order valence-electron chi connectivity index (χ1n) is 13.0. The van der Waals surface area contributed by atoms with Gasteiger partial charge in [-0.25, -0.2) is 4.39 Å². The smallest absolute Gasteiger partial charge is 0.235 e. The maximum Gasteiger partial charge on any atom is 0.235 e. The number of benzene rings is 1. The molecule has 0 aromatic heterocycles. The van der Waals surface area contributed by atoms with Gasteiger partial charge < -0.3 is 20.8 Å².